The second-order valence-electron chi connectivity index (χ2n) is 3.16. The third-order valence-corrected chi connectivity index (χ3v) is 2.65. The molecule has 1 atom stereocenters. The highest BCUT2D eigenvalue weighted by atomic mass is 16.4. The Morgan fingerprint density at radius 2 is 2.08 bits per heavy atom. The van der Waals surface area contributed by atoms with Crippen LogP contribution in [0.15, 0.2) is 18.2 Å². The fraction of sp³-hybridized carbons (Fsp3) is 0.333. The predicted molar refractivity (Wildman–Crippen MR) is 46.8 cm³/mol. The van der Waals surface area contributed by atoms with Gasteiger partial charge in [-0.05, 0) is 29.5 Å². The van der Waals surface area contributed by atoms with E-state index in [9.17, 15) is 0 Å². The van der Waals surface area contributed by atoms with Gasteiger partial charge in [-0.25, -0.2) is 0 Å². The number of rotatable bonds is 0. The van der Waals surface area contributed by atoms with Gasteiger partial charge >= 0.3 is 7.69 Å². The highest BCUT2D eigenvalue weighted by molar-refractivity contribution is 6.13. The monoisotopic (exact) mass is 161 g/mol. The number of fused-ring (bicyclic) bond motifs is 1. The van der Waals surface area contributed by atoms with Gasteiger partial charge in [0.1, 0.15) is 0 Å². The summed E-state index contributed by atoms with van der Waals surface area (Å²) in [4.78, 5) is 0. The first-order valence-electron chi connectivity index (χ1n) is 4.09. The van der Waals surface area contributed by atoms with Crippen molar-refractivity contribution in [3.05, 3.63) is 34.9 Å². The van der Waals surface area contributed by atoms with E-state index in [0.29, 0.717) is 0 Å². The standard InChI is InChI=1S/C9H8.BH2O2/c1-2-7-5-9-6(1)3-4-8(7)9;2-1-3/h1-2,5,8H,3-4H2;2-3H. The van der Waals surface area contributed by atoms with Gasteiger partial charge in [-0.2, -0.15) is 0 Å². The quantitative estimate of drug-likeness (QED) is 0.546. The van der Waals surface area contributed by atoms with E-state index in [0.717, 1.165) is 5.92 Å². The summed E-state index contributed by atoms with van der Waals surface area (Å²) in [5.74, 6) is 0.880. The van der Waals surface area contributed by atoms with Crippen LogP contribution in [-0.4, -0.2) is 17.7 Å². The van der Waals surface area contributed by atoms with Crippen LogP contribution in [0, 0.1) is 0 Å². The van der Waals surface area contributed by atoms with Gasteiger partial charge < -0.3 is 10.0 Å². The van der Waals surface area contributed by atoms with Crippen molar-refractivity contribution in [2.24, 2.45) is 0 Å². The highest BCUT2D eigenvalue weighted by Crippen LogP contribution is 2.46. The van der Waals surface area contributed by atoms with Crippen LogP contribution in [-0.2, 0) is 6.42 Å². The van der Waals surface area contributed by atoms with Gasteiger partial charge in [0.15, 0.2) is 0 Å². The Morgan fingerprint density at radius 3 is 2.58 bits per heavy atom. The van der Waals surface area contributed by atoms with Gasteiger partial charge in [-0.15, -0.1) is 0 Å². The maximum absolute atomic E-state index is 7.00. The zero-order valence-corrected chi connectivity index (χ0v) is 6.70. The average molecular weight is 161 g/mol. The smallest absolute Gasteiger partial charge is 0.429 e. The summed E-state index contributed by atoms with van der Waals surface area (Å²) in [5.41, 5.74) is 4.83. The van der Waals surface area contributed by atoms with Crippen LogP contribution in [0.3, 0.4) is 0 Å². The first kappa shape index (κ1) is 7.83. The van der Waals surface area contributed by atoms with Crippen LogP contribution >= 0.6 is 0 Å². The molecule has 0 spiro atoms. The fourth-order valence-corrected chi connectivity index (χ4v) is 2.09. The second-order valence-corrected chi connectivity index (χ2v) is 3.16. The molecule has 2 N–H and O–H groups in total. The molecule has 2 nitrogen and oxygen atoms in total. The molecule has 0 amide bonds. The minimum absolute atomic E-state index is 0. The van der Waals surface area contributed by atoms with Crippen molar-refractivity contribution in [3.8, 4) is 0 Å². The molecule has 0 heterocycles. The minimum atomic E-state index is 0. The summed E-state index contributed by atoms with van der Waals surface area (Å²) < 4.78 is 0. The van der Waals surface area contributed by atoms with Gasteiger partial charge in [-0.1, -0.05) is 18.2 Å². The van der Waals surface area contributed by atoms with Crippen molar-refractivity contribution in [1.82, 2.24) is 0 Å². The Labute approximate surface area is 72.2 Å². The van der Waals surface area contributed by atoms with E-state index >= 15 is 0 Å². The van der Waals surface area contributed by atoms with E-state index in [-0.39, 0.29) is 7.69 Å². The molecule has 1 aromatic rings. The molecular formula is C9H10BO2. The van der Waals surface area contributed by atoms with Crippen molar-refractivity contribution >= 4 is 7.69 Å². The van der Waals surface area contributed by atoms with Crippen LogP contribution < -0.4 is 0 Å². The molecule has 4 bridgehead atoms. The zero-order valence-electron chi connectivity index (χ0n) is 6.70. The van der Waals surface area contributed by atoms with Crippen molar-refractivity contribution in [2.45, 2.75) is 18.8 Å². The first-order chi connectivity index (χ1) is 5.86. The van der Waals surface area contributed by atoms with E-state index in [1.807, 2.05) is 0 Å². The van der Waals surface area contributed by atoms with E-state index in [2.05, 4.69) is 18.2 Å². The van der Waals surface area contributed by atoms with Crippen molar-refractivity contribution in [2.75, 3.05) is 0 Å². The molecule has 0 saturated heterocycles. The third kappa shape index (κ3) is 0.975. The topological polar surface area (TPSA) is 40.5 Å². The summed E-state index contributed by atoms with van der Waals surface area (Å²) in [7, 11) is 0. The lowest BCUT2D eigenvalue weighted by molar-refractivity contribution is 0.448. The molecule has 1 radical (unpaired) electrons. The molecule has 3 aliphatic rings. The molecule has 61 valence electrons. The van der Waals surface area contributed by atoms with Gasteiger partial charge in [-0.3, -0.25) is 0 Å². The van der Waals surface area contributed by atoms with Crippen LogP contribution in [0.5, 0.6) is 0 Å². The molecular weight excluding hydrogens is 151 g/mol. The summed E-state index contributed by atoms with van der Waals surface area (Å²) in [6.07, 6.45) is 2.72. The molecule has 4 rings (SSSR count). The number of hydrogen-bond donors (Lipinski definition) is 2. The summed E-state index contributed by atoms with van der Waals surface area (Å²) in [6.45, 7) is 0. The normalized spacial score (nSPS) is 20.7. The maximum Gasteiger partial charge on any atom is 0.482 e. The summed E-state index contributed by atoms with van der Waals surface area (Å²) in [6, 6.07) is 6.90. The maximum atomic E-state index is 7.00. The van der Waals surface area contributed by atoms with E-state index in [4.69, 9.17) is 10.0 Å². The molecule has 1 aromatic carbocycles. The highest BCUT2D eigenvalue weighted by Gasteiger charge is 2.31. The molecule has 3 heteroatoms. The Morgan fingerprint density at radius 1 is 1.33 bits per heavy atom. The molecule has 0 fully saturated rings. The van der Waals surface area contributed by atoms with Gasteiger partial charge in [0.2, 0.25) is 0 Å². The Kier molecular flexibility index (Phi) is 1.91. The molecule has 12 heavy (non-hydrogen) atoms. The second kappa shape index (κ2) is 2.92. The number of benzene rings is 1. The third-order valence-electron chi connectivity index (χ3n) is 2.65. The Hall–Kier alpha value is -0.795. The first-order valence-corrected chi connectivity index (χ1v) is 4.09. The van der Waals surface area contributed by atoms with Gasteiger partial charge in [0.05, 0.1) is 0 Å². The predicted octanol–water partition coefficient (Wildman–Crippen LogP) is 0.583. The van der Waals surface area contributed by atoms with E-state index in [1.54, 1.807) is 16.7 Å². The Balaban J connectivity index is 0.000000169. The lowest BCUT2D eigenvalue weighted by Crippen LogP contribution is -2.05. The summed E-state index contributed by atoms with van der Waals surface area (Å²) in [5, 5.41) is 14.0. The number of hydrogen-bond acceptors (Lipinski definition) is 2. The Bertz CT molecular complexity index is 290. The van der Waals surface area contributed by atoms with E-state index < -0.39 is 0 Å². The molecule has 0 aromatic heterocycles. The van der Waals surface area contributed by atoms with Crippen LogP contribution in [0.1, 0.15) is 29.0 Å². The minimum Gasteiger partial charge on any atom is -0.429 e. The average Bonchev–Trinajstić information content (AvgIpc) is 2.25. The number of aryl methyl sites for hydroxylation is 1. The fourth-order valence-electron chi connectivity index (χ4n) is 2.09. The zero-order chi connectivity index (χ0) is 8.55. The van der Waals surface area contributed by atoms with Gasteiger partial charge in [0, 0.05) is 5.92 Å². The van der Waals surface area contributed by atoms with Crippen molar-refractivity contribution in [3.63, 3.8) is 0 Å². The SMILES string of the molecule is C1=CC2=C3C=C1C3CC2.O[B]O. The molecule has 1 unspecified atom stereocenters. The molecule has 3 aliphatic carbocycles. The van der Waals surface area contributed by atoms with Crippen molar-refractivity contribution < 1.29 is 10.0 Å². The van der Waals surface area contributed by atoms with Crippen LogP contribution in [0.2, 0.25) is 0 Å². The molecule has 0 saturated carbocycles. The van der Waals surface area contributed by atoms with E-state index in [1.165, 1.54) is 12.8 Å². The van der Waals surface area contributed by atoms with Crippen LogP contribution in [0.25, 0.3) is 0 Å². The lowest BCUT2D eigenvalue weighted by atomic mass is 9.82. The molecule has 0 aliphatic heterocycles. The van der Waals surface area contributed by atoms with Crippen LogP contribution in [0.4, 0.5) is 0 Å². The summed E-state index contributed by atoms with van der Waals surface area (Å²) >= 11 is 0. The van der Waals surface area contributed by atoms with Crippen molar-refractivity contribution in [1.29, 1.82) is 0 Å². The largest absolute Gasteiger partial charge is 0.482 e. The lowest BCUT2D eigenvalue weighted by Gasteiger charge is -2.22. The van der Waals surface area contributed by atoms with Gasteiger partial charge in [0.25, 0.3) is 0 Å².